The van der Waals surface area contributed by atoms with Gasteiger partial charge in [-0.15, -0.1) is 0 Å². The molecular weight excluding hydrogens is 465 g/mol. The molecular formula is C25H31F3N2O3S. The second kappa shape index (κ2) is 8.59. The number of benzene rings is 2. The van der Waals surface area contributed by atoms with Crippen LogP contribution in [0.5, 0.6) is 0 Å². The maximum Gasteiger partial charge on any atom is 0.397 e. The van der Waals surface area contributed by atoms with Crippen LogP contribution in [0.1, 0.15) is 62.4 Å². The van der Waals surface area contributed by atoms with Gasteiger partial charge in [-0.3, -0.25) is 9.52 Å². The highest BCUT2D eigenvalue weighted by Crippen LogP contribution is 2.54. The van der Waals surface area contributed by atoms with Crippen molar-refractivity contribution in [2.45, 2.75) is 64.1 Å². The van der Waals surface area contributed by atoms with Crippen LogP contribution in [-0.2, 0) is 25.6 Å². The number of aryl methyl sites for hydroxylation is 1. The lowest BCUT2D eigenvalue weighted by Crippen LogP contribution is -2.36. The van der Waals surface area contributed by atoms with Crippen molar-refractivity contribution in [3.05, 3.63) is 64.7 Å². The normalized spacial score (nSPS) is 21.6. The van der Waals surface area contributed by atoms with Crippen molar-refractivity contribution >= 4 is 21.6 Å². The minimum absolute atomic E-state index is 0.120. The number of carbonyl (C=O) groups is 1. The number of anilines is 1. The molecule has 0 saturated heterocycles. The molecule has 2 unspecified atom stereocenters. The Balaban J connectivity index is 1.68. The highest BCUT2D eigenvalue weighted by atomic mass is 32.2. The molecule has 1 amide bonds. The Morgan fingerprint density at radius 2 is 1.71 bits per heavy atom. The Morgan fingerprint density at radius 3 is 2.21 bits per heavy atom. The molecule has 1 saturated carbocycles. The zero-order valence-corrected chi connectivity index (χ0v) is 21.0. The van der Waals surface area contributed by atoms with Gasteiger partial charge in [0.05, 0.1) is 23.4 Å². The molecule has 0 spiro atoms. The quantitative estimate of drug-likeness (QED) is 0.542. The molecule has 34 heavy (non-hydrogen) atoms. The summed E-state index contributed by atoms with van der Waals surface area (Å²) in [5.41, 5.74) is 0.710. The predicted octanol–water partition coefficient (Wildman–Crippen LogP) is 5.36. The lowest BCUT2D eigenvalue weighted by Gasteiger charge is -2.28. The highest BCUT2D eigenvalue weighted by Gasteiger charge is 2.56. The van der Waals surface area contributed by atoms with Gasteiger partial charge in [0, 0.05) is 11.3 Å². The predicted molar refractivity (Wildman–Crippen MR) is 127 cm³/mol. The second-order valence-electron chi connectivity index (χ2n) is 10.1. The standard InChI is InChI=1S/C25H31F3N2O3S/c1-15-13-17(7-12-21(15)30-34(6,32)33)16(2)29-22(31)20-14-24(20,5)19-10-8-18(9-11-19)23(3,4)25(26,27)28/h7-13,16,20,30H,14H2,1-6H3,(H,29,31)/t16-,20?,24?/m1/s1. The van der Waals surface area contributed by atoms with E-state index in [1.165, 1.54) is 12.1 Å². The average molecular weight is 497 g/mol. The summed E-state index contributed by atoms with van der Waals surface area (Å²) in [6.45, 7) is 7.90. The van der Waals surface area contributed by atoms with Gasteiger partial charge >= 0.3 is 6.18 Å². The van der Waals surface area contributed by atoms with Crippen LogP contribution in [-0.4, -0.2) is 26.8 Å². The maximum atomic E-state index is 13.3. The van der Waals surface area contributed by atoms with Crippen molar-refractivity contribution in [3.63, 3.8) is 0 Å². The largest absolute Gasteiger partial charge is 0.397 e. The summed E-state index contributed by atoms with van der Waals surface area (Å²) in [5.74, 6) is -0.394. The molecule has 1 fully saturated rings. The van der Waals surface area contributed by atoms with Gasteiger partial charge in [-0.05, 0) is 62.4 Å². The average Bonchev–Trinajstić information content (AvgIpc) is 3.41. The number of amides is 1. The topological polar surface area (TPSA) is 75.3 Å². The smallest absolute Gasteiger partial charge is 0.349 e. The van der Waals surface area contributed by atoms with E-state index in [9.17, 15) is 26.4 Å². The Morgan fingerprint density at radius 1 is 1.12 bits per heavy atom. The van der Waals surface area contributed by atoms with Crippen molar-refractivity contribution in [2.75, 3.05) is 11.0 Å². The molecule has 2 N–H and O–H groups in total. The molecule has 1 aliphatic rings. The molecule has 5 nitrogen and oxygen atoms in total. The molecule has 0 aromatic heterocycles. The zero-order chi connectivity index (χ0) is 25.7. The van der Waals surface area contributed by atoms with Gasteiger partial charge in [0.25, 0.3) is 0 Å². The van der Waals surface area contributed by atoms with Gasteiger partial charge in [0.2, 0.25) is 15.9 Å². The van der Waals surface area contributed by atoms with Gasteiger partial charge < -0.3 is 5.32 Å². The number of sulfonamides is 1. The van der Waals surface area contributed by atoms with E-state index in [2.05, 4.69) is 10.0 Å². The van der Waals surface area contributed by atoms with Crippen LogP contribution in [0.25, 0.3) is 0 Å². The first-order valence-electron chi connectivity index (χ1n) is 11.0. The fraction of sp³-hybridized carbons (Fsp3) is 0.480. The third-order valence-electron chi connectivity index (χ3n) is 6.93. The number of nitrogens with one attached hydrogen (secondary N) is 2. The van der Waals surface area contributed by atoms with Crippen molar-refractivity contribution in [1.29, 1.82) is 0 Å². The van der Waals surface area contributed by atoms with Crippen LogP contribution in [0.2, 0.25) is 0 Å². The first-order valence-corrected chi connectivity index (χ1v) is 12.9. The fourth-order valence-electron chi connectivity index (χ4n) is 4.17. The summed E-state index contributed by atoms with van der Waals surface area (Å²) in [5, 5.41) is 3.01. The summed E-state index contributed by atoms with van der Waals surface area (Å²) in [7, 11) is -3.39. The van der Waals surface area contributed by atoms with Gasteiger partial charge in [-0.2, -0.15) is 13.2 Å². The summed E-state index contributed by atoms with van der Waals surface area (Å²) in [6, 6.07) is 11.3. The Hall–Kier alpha value is -2.55. The minimum Gasteiger partial charge on any atom is -0.349 e. The Kier molecular flexibility index (Phi) is 6.58. The summed E-state index contributed by atoms with van der Waals surface area (Å²) >= 11 is 0. The lowest BCUT2D eigenvalue weighted by atomic mass is 9.82. The summed E-state index contributed by atoms with van der Waals surface area (Å²) in [6.07, 6.45) is -2.65. The molecule has 0 aliphatic heterocycles. The number of rotatable bonds is 7. The molecule has 2 aromatic carbocycles. The number of hydrogen-bond acceptors (Lipinski definition) is 3. The van der Waals surface area contributed by atoms with E-state index in [0.29, 0.717) is 12.1 Å². The molecule has 1 aliphatic carbocycles. The summed E-state index contributed by atoms with van der Waals surface area (Å²) < 4.78 is 65.4. The van der Waals surface area contributed by atoms with Crippen LogP contribution in [0.3, 0.4) is 0 Å². The highest BCUT2D eigenvalue weighted by molar-refractivity contribution is 7.92. The van der Waals surface area contributed by atoms with Crippen LogP contribution < -0.4 is 10.0 Å². The first kappa shape index (κ1) is 26.1. The van der Waals surface area contributed by atoms with Crippen LogP contribution in [0.15, 0.2) is 42.5 Å². The van der Waals surface area contributed by atoms with Crippen molar-refractivity contribution in [3.8, 4) is 0 Å². The molecule has 3 rings (SSSR count). The molecule has 0 radical (unpaired) electrons. The monoisotopic (exact) mass is 496 g/mol. The number of hydrogen-bond donors (Lipinski definition) is 2. The Labute approximate surface area is 199 Å². The van der Waals surface area contributed by atoms with Gasteiger partial charge in [-0.1, -0.05) is 43.3 Å². The summed E-state index contributed by atoms with van der Waals surface area (Å²) in [4.78, 5) is 12.9. The third-order valence-corrected chi connectivity index (χ3v) is 7.52. The third kappa shape index (κ3) is 5.24. The fourth-order valence-corrected chi connectivity index (χ4v) is 4.79. The van der Waals surface area contributed by atoms with Gasteiger partial charge in [0.15, 0.2) is 0 Å². The molecule has 2 aromatic rings. The first-order chi connectivity index (χ1) is 15.5. The minimum atomic E-state index is -4.35. The molecule has 9 heteroatoms. The van der Waals surface area contributed by atoms with Gasteiger partial charge in [0.1, 0.15) is 0 Å². The van der Waals surface area contributed by atoms with Crippen molar-refractivity contribution in [2.24, 2.45) is 5.92 Å². The van der Waals surface area contributed by atoms with E-state index in [1.54, 1.807) is 31.2 Å². The van der Waals surface area contributed by atoms with E-state index < -0.39 is 27.0 Å². The van der Waals surface area contributed by atoms with Crippen LogP contribution in [0, 0.1) is 12.8 Å². The van der Waals surface area contributed by atoms with Crippen LogP contribution in [0.4, 0.5) is 18.9 Å². The maximum absolute atomic E-state index is 13.3. The van der Waals surface area contributed by atoms with E-state index >= 15 is 0 Å². The molecule has 0 bridgehead atoms. The second-order valence-corrected chi connectivity index (χ2v) is 11.8. The Bertz CT molecular complexity index is 1190. The number of carbonyl (C=O) groups excluding carboxylic acids is 1. The lowest BCUT2D eigenvalue weighted by molar-refractivity contribution is -0.180. The molecule has 186 valence electrons. The number of halogens is 3. The zero-order valence-electron chi connectivity index (χ0n) is 20.2. The van der Waals surface area contributed by atoms with E-state index in [-0.39, 0.29) is 23.4 Å². The molecule has 3 atom stereocenters. The van der Waals surface area contributed by atoms with Gasteiger partial charge in [-0.25, -0.2) is 8.42 Å². The van der Waals surface area contributed by atoms with E-state index in [1.807, 2.05) is 19.9 Å². The molecule has 0 heterocycles. The van der Waals surface area contributed by atoms with E-state index in [0.717, 1.165) is 36.8 Å². The van der Waals surface area contributed by atoms with Crippen molar-refractivity contribution in [1.82, 2.24) is 5.32 Å². The van der Waals surface area contributed by atoms with Crippen LogP contribution >= 0.6 is 0 Å². The SMILES string of the molecule is Cc1cc([C@@H](C)NC(=O)C2CC2(C)c2ccc(C(C)(C)C(F)(F)F)cc2)ccc1NS(C)(=O)=O. The van der Waals surface area contributed by atoms with Crippen molar-refractivity contribution < 1.29 is 26.4 Å². The number of alkyl halides is 3. The van der Waals surface area contributed by atoms with E-state index in [4.69, 9.17) is 0 Å².